The molecule has 260 valence electrons. The topological polar surface area (TPSA) is 15.6 Å². The van der Waals surface area contributed by atoms with Crippen molar-refractivity contribution in [2.24, 2.45) is 10.9 Å². The molecule has 5 rings (SSSR count). The first-order chi connectivity index (χ1) is 23.2. The molecule has 0 amide bonds. The van der Waals surface area contributed by atoms with Gasteiger partial charge in [-0.25, -0.2) is 4.99 Å². The van der Waals surface area contributed by atoms with Crippen LogP contribution in [0.5, 0.6) is 0 Å². The van der Waals surface area contributed by atoms with Crippen molar-refractivity contribution in [3.63, 3.8) is 0 Å². The lowest BCUT2D eigenvalue weighted by Crippen LogP contribution is -2.22. The SMILES string of the molecule is C=C(C)C(c1ccccc1)C1CCCC1.C=C/C(C)=C1/N=C(c2ccccc2C)C=C(C)N1C.CC.CC.CCc1cccc(CC)c1. The number of hydrogen-bond donors (Lipinski definition) is 0. The minimum Gasteiger partial charge on any atom is -0.333 e. The van der Waals surface area contributed by atoms with E-state index in [1.807, 2.05) is 47.7 Å². The molecular weight excluding hydrogens is 581 g/mol. The van der Waals surface area contributed by atoms with Crippen LogP contribution in [0.15, 0.2) is 132 Å². The van der Waals surface area contributed by atoms with Crippen LogP contribution in [0.4, 0.5) is 0 Å². The molecule has 0 saturated heterocycles. The van der Waals surface area contributed by atoms with E-state index in [-0.39, 0.29) is 0 Å². The van der Waals surface area contributed by atoms with Crippen LogP contribution in [-0.4, -0.2) is 17.7 Å². The van der Waals surface area contributed by atoms with E-state index in [1.165, 1.54) is 64.8 Å². The molecule has 2 heteroatoms. The molecule has 1 aliphatic heterocycles. The van der Waals surface area contributed by atoms with Crippen LogP contribution in [-0.2, 0) is 12.8 Å². The van der Waals surface area contributed by atoms with Gasteiger partial charge in [-0.1, -0.05) is 158 Å². The third-order valence-corrected chi connectivity index (χ3v) is 8.87. The van der Waals surface area contributed by atoms with Crippen LogP contribution in [0, 0.1) is 12.8 Å². The number of allylic oxidation sites excluding steroid dienone is 5. The summed E-state index contributed by atoms with van der Waals surface area (Å²) in [4.78, 5) is 6.89. The van der Waals surface area contributed by atoms with E-state index >= 15 is 0 Å². The van der Waals surface area contributed by atoms with Gasteiger partial charge < -0.3 is 4.90 Å². The van der Waals surface area contributed by atoms with Crippen LogP contribution in [0.1, 0.15) is 122 Å². The fourth-order valence-corrected chi connectivity index (χ4v) is 6.10. The molecule has 0 spiro atoms. The highest BCUT2D eigenvalue weighted by atomic mass is 15.2. The monoisotopic (exact) mass is 647 g/mol. The summed E-state index contributed by atoms with van der Waals surface area (Å²) in [5.74, 6) is 2.40. The average molecular weight is 647 g/mol. The van der Waals surface area contributed by atoms with Gasteiger partial charge >= 0.3 is 0 Å². The minimum absolute atomic E-state index is 0.591. The number of hydrogen-bond acceptors (Lipinski definition) is 2. The lowest BCUT2D eigenvalue weighted by atomic mass is 9.81. The lowest BCUT2D eigenvalue weighted by Gasteiger charge is -2.27. The summed E-state index contributed by atoms with van der Waals surface area (Å²) < 4.78 is 0. The second-order valence-corrected chi connectivity index (χ2v) is 12.2. The predicted molar refractivity (Wildman–Crippen MR) is 216 cm³/mol. The third kappa shape index (κ3) is 12.9. The molecule has 48 heavy (non-hydrogen) atoms. The van der Waals surface area contributed by atoms with Gasteiger partial charge in [-0.2, -0.15) is 0 Å². The van der Waals surface area contributed by atoms with Crippen LogP contribution in [0.3, 0.4) is 0 Å². The van der Waals surface area contributed by atoms with Crippen molar-refractivity contribution in [1.82, 2.24) is 4.90 Å². The summed E-state index contributed by atoms with van der Waals surface area (Å²) in [6.45, 7) is 28.8. The van der Waals surface area contributed by atoms with Gasteiger partial charge in [-0.3, -0.25) is 0 Å². The van der Waals surface area contributed by atoms with Gasteiger partial charge in [0.2, 0.25) is 0 Å². The van der Waals surface area contributed by atoms with Crippen LogP contribution in [0.25, 0.3) is 0 Å². The Hall–Kier alpha value is -3.91. The minimum atomic E-state index is 0.591. The van der Waals surface area contributed by atoms with Gasteiger partial charge in [-0.05, 0) is 93.2 Å². The first kappa shape index (κ1) is 42.1. The maximum Gasteiger partial charge on any atom is 0.136 e. The first-order valence-corrected chi connectivity index (χ1v) is 18.4. The highest BCUT2D eigenvalue weighted by Gasteiger charge is 2.26. The summed E-state index contributed by atoms with van der Waals surface area (Å²) >= 11 is 0. The predicted octanol–water partition coefficient (Wildman–Crippen LogP) is 13.5. The van der Waals surface area contributed by atoms with E-state index in [2.05, 4.69) is 138 Å². The Morgan fingerprint density at radius 1 is 0.833 bits per heavy atom. The lowest BCUT2D eigenvalue weighted by molar-refractivity contribution is 0.478. The molecular formula is C46H66N2. The van der Waals surface area contributed by atoms with Crippen molar-refractivity contribution in [2.75, 3.05) is 7.05 Å². The molecule has 1 unspecified atom stereocenters. The molecule has 0 radical (unpaired) electrons. The Morgan fingerprint density at radius 2 is 1.38 bits per heavy atom. The second kappa shape index (κ2) is 23.4. The number of aryl methyl sites for hydroxylation is 3. The first-order valence-electron chi connectivity index (χ1n) is 18.4. The van der Waals surface area contributed by atoms with Crippen molar-refractivity contribution in [3.8, 4) is 0 Å². The van der Waals surface area contributed by atoms with Gasteiger partial charge in [0, 0.05) is 24.2 Å². The van der Waals surface area contributed by atoms with Gasteiger partial charge in [-0.15, -0.1) is 0 Å². The van der Waals surface area contributed by atoms with Crippen molar-refractivity contribution in [1.29, 1.82) is 0 Å². The molecule has 0 aromatic heterocycles. The summed E-state index contributed by atoms with van der Waals surface area (Å²) in [7, 11) is 2.03. The summed E-state index contributed by atoms with van der Waals surface area (Å²) in [5, 5.41) is 0. The van der Waals surface area contributed by atoms with Gasteiger partial charge in [0.1, 0.15) is 5.82 Å². The van der Waals surface area contributed by atoms with Crippen molar-refractivity contribution in [2.45, 2.75) is 114 Å². The second-order valence-electron chi connectivity index (χ2n) is 12.2. The Kier molecular flexibility index (Phi) is 20.5. The average Bonchev–Trinajstić information content (AvgIpc) is 3.66. The molecule has 1 saturated carbocycles. The number of rotatable bonds is 7. The molecule has 2 nitrogen and oxygen atoms in total. The summed E-state index contributed by atoms with van der Waals surface area (Å²) in [6.07, 6.45) is 11.8. The molecule has 1 atom stereocenters. The molecule has 1 aliphatic carbocycles. The van der Waals surface area contributed by atoms with E-state index < -0.39 is 0 Å². The van der Waals surface area contributed by atoms with E-state index in [9.17, 15) is 0 Å². The Morgan fingerprint density at radius 3 is 1.88 bits per heavy atom. The van der Waals surface area contributed by atoms with Gasteiger partial charge in [0.15, 0.2) is 0 Å². The maximum atomic E-state index is 4.79. The maximum absolute atomic E-state index is 4.79. The summed E-state index contributed by atoms with van der Waals surface area (Å²) in [6, 6.07) is 28.0. The van der Waals surface area contributed by atoms with E-state index in [4.69, 9.17) is 4.99 Å². The molecule has 3 aromatic carbocycles. The van der Waals surface area contributed by atoms with Crippen molar-refractivity contribution >= 4 is 5.71 Å². The van der Waals surface area contributed by atoms with Gasteiger partial charge in [0.05, 0.1) is 5.71 Å². The van der Waals surface area contributed by atoms with E-state index in [0.29, 0.717) is 5.92 Å². The Balaban J connectivity index is 0.000000355. The zero-order valence-corrected chi connectivity index (χ0v) is 32.4. The molecule has 0 bridgehead atoms. The van der Waals surface area contributed by atoms with E-state index in [0.717, 1.165) is 35.9 Å². The zero-order chi connectivity index (χ0) is 36.1. The Bertz CT molecular complexity index is 1450. The van der Waals surface area contributed by atoms with E-state index in [1.54, 1.807) is 0 Å². The zero-order valence-electron chi connectivity index (χ0n) is 32.4. The molecule has 2 aliphatic rings. The highest BCUT2D eigenvalue weighted by Crippen LogP contribution is 2.40. The quantitative estimate of drug-likeness (QED) is 0.233. The fourth-order valence-electron chi connectivity index (χ4n) is 6.10. The smallest absolute Gasteiger partial charge is 0.136 e. The number of aliphatic imine (C=N–C) groups is 1. The van der Waals surface area contributed by atoms with Gasteiger partial charge in [0.25, 0.3) is 0 Å². The normalized spacial score (nSPS) is 15.3. The van der Waals surface area contributed by atoms with Crippen molar-refractivity contribution < 1.29 is 0 Å². The molecule has 1 fully saturated rings. The van der Waals surface area contributed by atoms with Crippen molar-refractivity contribution in [3.05, 3.63) is 155 Å². The molecule has 1 heterocycles. The number of nitrogens with zero attached hydrogens (tertiary/aromatic N) is 2. The number of benzene rings is 3. The van der Waals surface area contributed by atoms with Crippen LogP contribution < -0.4 is 0 Å². The molecule has 0 N–H and O–H groups in total. The van der Waals surface area contributed by atoms with Crippen LogP contribution in [0.2, 0.25) is 0 Å². The largest absolute Gasteiger partial charge is 0.333 e. The highest BCUT2D eigenvalue weighted by molar-refractivity contribution is 6.11. The fraction of sp³-hybridized carbons (Fsp3) is 0.413. The standard InChI is InChI=1S/C17H20N2.C15H20.C10H14.2C2H6/c1-6-12(2)17-18-16(11-14(4)19(17)5)15-10-8-7-9-13(15)3;1-12(2)15(14-10-6-7-11-14)13-8-4-3-5-9-13;1-3-9-6-5-7-10(4-2)8-9;2*1-2/h6-11H,1H2,2-5H3;3-5,8-9,14-15H,1,6-7,10-11H2,2H3;5-8H,3-4H2,1-2H3;2*1-2H3/b17-12-;;;;. The van der Waals surface area contributed by atoms with Crippen LogP contribution >= 0.6 is 0 Å². The summed E-state index contributed by atoms with van der Waals surface area (Å²) in [5.41, 5.74) is 11.4. The molecule has 3 aromatic rings. The third-order valence-electron chi connectivity index (χ3n) is 8.87. The Labute approximate surface area is 296 Å².